The first-order valence-electron chi connectivity index (χ1n) is 4.27. The highest BCUT2D eigenvalue weighted by molar-refractivity contribution is 5.78. The molecule has 0 saturated heterocycles. The number of nitrogens with two attached hydrogens (primary N) is 1. The molecule has 1 heterocycles. The summed E-state index contributed by atoms with van der Waals surface area (Å²) in [6.07, 6.45) is -2.52. The van der Waals surface area contributed by atoms with Crippen LogP contribution in [0.15, 0.2) is 18.2 Å². The molecule has 0 aliphatic rings. The van der Waals surface area contributed by atoms with E-state index in [0.717, 1.165) is 6.07 Å². The largest absolute Gasteiger partial charge is 0.369 e. The number of nitrogen functional groups attached to an aromatic ring is 1. The number of halogens is 3. The van der Waals surface area contributed by atoms with Crippen molar-refractivity contribution in [3.8, 4) is 0 Å². The second-order valence-corrected chi connectivity index (χ2v) is 3.10. The van der Waals surface area contributed by atoms with Gasteiger partial charge in [-0.05, 0) is 12.1 Å². The van der Waals surface area contributed by atoms with Crippen molar-refractivity contribution in [1.82, 2.24) is 9.55 Å². The van der Waals surface area contributed by atoms with E-state index in [0.29, 0.717) is 5.52 Å². The number of aromatic nitrogens is 2. The molecule has 0 amide bonds. The van der Waals surface area contributed by atoms with E-state index in [1.54, 1.807) is 0 Å². The fourth-order valence-electron chi connectivity index (χ4n) is 1.45. The quantitative estimate of drug-likeness (QED) is 0.832. The number of hydrogen-bond donors (Lipinski definition) is 1. The molecule has 1 aromatic heterocycles. The second kappa shape index (κ2) is 3.45. The van der Waals surface area contributed by atoms with Crippen molar-refractivity contribution in [3.05, 3.63) is 24.0 Å². The Hall–Kier alpha value is -1.72. The van der Waals surface area contributed by atoms with Gasteiger partial charge in [0.15, 0.2) is 0 Å². The molecule has 0 radical (unpaired) electrons. The third kappa shape index (κ3) is 1.74. The number of alkyl halides is 2. The molecule has 0 fully saturated rings. The first-order chi connectivity index (χ1) is 7.08. The van der Waals surface area contributed by atoms with Crippen molar-refractivity contribution in [2.45, 2.75) is 13.0 Å². The molecule has 2 rings (SSSR count). The Bertz CT molecular complexity index is 493. The van der Waals surface area contributed by atoms with Crippen molar-refractivity contribution in [1.29, 1.82) is 0 Å². The van der Waals surface area contributed by atoms with Crippen LogP contribution < -0.4 is 5.73 Å². The topological polar surface area (TPSA) is 43.8 Å². The molecule has 0 bridgehead atoms. The zero-order valence-corrected chi connectivity index (χ0v) is 7.62. The van der Waals surface area contributed by atoms with E-state index in [2.05, 4.69) is 4.98 Å². The molecule has 15 heavy (non-hydrogen) atoms. The standard InChI is InChI=1S/C9H8F3N3/c10-5-1-2-7-6(3-5)14-9(13)15(7)4-8(11)12/h1-3,8H,4H2,(H2,13,14). The predicted molar refractivity (Wildman–Crippen MR) is 50.1 cm³/mol. The molecule has 2 N–H and O–H groups in total. The summed E-state index contributed by atoms with van der Waals surface area (Å²) < 4.78 is 38.4. The van der Waals surface area contributed by atoms with Gasteiger partial charge in [-0.3, -0.25) is 0 Å². The first kappa shape index (κ1) is 9.82. The summed E-state index contributed by atoms with van der Waals surface area (Å²) in [5.41, 5.74) is 6.14. The van der Waals surface area contributed by atoms with Crippen molar-refractivity contribution in [2.24, 2.45) is 0 Å². The van der Waals surface area contributed by atoms with Gasteiger partial charge >= 0.3 is 0 Å². The maximum absolute atomic E-state index is 12.8. The smallest absolute Gasteiger partial charge is 0.256 e. The average molecular weight is 215 g/mol. The lowest BCUT2D eigenvalue weighted by molar-refractivity contribution is 0.128. The van der Waals surface area contributed by atoms with Crippen molar-refractivity contribution < 1.29 is 13.2 Å². The van der Waals surface area contributed by atoms with E-state index >= 15 is 0 Å². The van der Waals surface area contributed by atoms with Gasteiger partial charge in [0.05, 0.1) is 17.6 Å². The summed E-state index contributed by atoms with van der Waals surface area (Å²) in [5.74, 6) is -0.500. The van der Waals surface area contributed by atoms with Crippen LogP contribution in [0.4, 0.5) is 19.1 Å². The SMILES string of the molecule is Nc1nc2cc(F)ccc2n1CC(F)F. The van der Waals surface area contributed by atoms with Crippen LogP contribution in [0.25, 0.3) is 11.0 Å². The Morgan fingerprint density at radius 1 is 1.40 bits per heavy atom. The van der Waals surface area contributed by atoms with E-state index in [9.17, 15) is 13.2 Å². The minimum Gasteiger partial charge on any atom is -0.369 e. The van der Waals surface area contributed by atoms with Gasteiger partial charge in [0.25, 0.3) is 6.43 Å². The minimum absolute atomic E-state index is 0.0316. The number of benzene rings is 1. The highest BCUT2D eigenvalue weighted by atomic mass is 19.3. The molecule has 1 aromatic carbocycles. The molecular weight excluding hydrogens is 207 g/mol. The van der Waals surface area contributed by atoms with Crippen molar-refractivity contribution >= 4 is 17.0 Å². The van der Waals surface area contributed by atoms with Gasteiger partial charge in [0.1, 0.15) is 5.82 Å². The zero-order valence-electron chi connectivity index (χ0n) is 7.62. The third-order valence-electron chi connectivity index (χ3n) is 2.06. The molecule has 0 aliphatic heterocycles. The van der Waals surface area contributed by atoms with E-state index in [4.69, 9.17) is 5.73 Å². The Morgan fingerprint density at radius 2 is 2.13 bits per heavy atom. The first-order valence-corrected chi connectivity index (χ1v) is 4.27. The Morgan fingerprint density at radius 3 is 2.80 bits per heavy atom. The minimum atomic E-state index is -2.52. The van der Waals surface area contributed by atoms with Crippen LogP contribution in [0, 0.1) is 5.82 Å². The predicted octanol–water partition coefficient (Wildman–Crippen LogP) is 2.02. The summed E-state index contributed by atoms with van der Waals surface area (Å²) in [6, 6.07) is 3.73. The fraction of sp³-hybridized carbons (Fsp3) is 0.222. The monoisotopic (exact) mass is 215 g/mol. The van der Waals surface area contributed by atoms with Gasteiger partial charge < -0.3 is 10.3 Å². The highest BCUT2D eigenvalue weighted by Crippen LogP contribution is 2.19. The fourth-order valence-corrected chi connectivity index (χ4v) is 1.45. The molecule has 0 saturated carbocycles. The maximum atomic E-state index is 12.8. The summed E-state index contributed by atoms with van der Waals surface area (Å²) >= 11 is 0. The zero-order chi connectivity index (χ0) is 11.0. The number of rotatable bonds is 2. The molecule has 0 aliphatic carbocycles. The summed E-state index contributed by atoms with van der Waals surface area (Å²) in [5, 5.41) is 0. The number of anilines is 1. The van der Waals surface area contributed by atoms with Crippen LogP contribution in [-0.4, -0.2) is 16.0 Å². The summed E-state index contributed by atoms with van der Waals surface area (Å²) in [7, 11) is 0. The van der Waals surface area contributed by atoms with Gasteiger partial charge in [-0.25, -0.2) is 18.2 Å². The lowest BCUT2D eigenvalue weighted by atomic mass is 10.3. The maximum Gasteiger partial charge on any atom is 0.256 e. The molecule has 2 aromatic rings. The van der Waals surface area contributed by atoms with Gasteiger partial charge in [0.2, 0.25) is 5.95 Å². The molecule has 0 atom stereocenters. The lowest BCUT2D eigenvalue weighted by Crippen LogP contribution is -2.09. The molecule has 6 heteroatoms. The van der Waals surface area contributed by atoms with Gasteiger partial charge in [0, 0.05) is 6.07 Å². The third-order valence-corrected chi connectivity index (χ3v) is 2.06. The van der Waals surface area contributed by atoms with Crippen LogP contribution in [0.1, 0.15) is 0 Å². The van der Waals surface area contributed by atoms with Crippen LogP contribution in [0.3, 0.4) is 0 Å². The molecular formula is C9H8F3N3. The molecule has 0 spiro atoms. The van der Waals surface area contributed by atoms with E-state index in [-0.39, 0.29) is 11.5 Å². The normalized spacial score (nSPS) is 11.5. The Balaban J connectivity index is 2.58. The van der Waals surface area contributed by atoms with E-state index in [1.165, 1.54) is 16.7 Å². The lowest BCUT2D eigenvalue weighted by Gasteiger charge is -2.04. The van der Waals surface area contributed by atoms with Gasteiger partial charge in [-0.15, -0.1) is 0 Å². The van der Waals surface area contributed by atoms with Crippen LogP contribution in [0.2, 0.25) is 0 Å². The Kier molecular flexibility index (Phi) is 2.26. The average Bonchev–Trinajstić information content (AvgIpc) is 2.41. The van der Waals surface area contributed by atoms with E-state index in [1.807, 2.05) is 0 Å². The van der Waals surface area contributed by atoms with Crippen LogP contribution >= 0.6 is 0 Å². The summed E-state index contributed by atoms with van der Waals surface area (Å²) in [4.78, 5) is 3.79. The van der Waals surface area contributed by atoms with Crippen LogP contribution in [0.5, 0.6) is 0 Å². The number of hydrogen-bond acceptors (Lipinski definition) is 2. The second-order valence-electron chi connectivity index (χ2n) is 3.10. The number of fused-ring (bicyclic) bond motifs is 1. The van der Waals surface area contributed by atoms with Gasteiger partial charge in [-0.2, -0.15) is 0 Å². The number of imidazole rings is 1. The summed E-state index contributed by atoms with van der Waals surface area (Å²) in [6.45, 7) is -0.534. The van der Waals surface area contributed by atoms with Crippen molar-refractivity contribution in [2.75, 3.05) is 5.73 Å². The van der Waals surface area contributed by atoms with Gasteiger partial charge in [-0.1, -0.05) is 0 Å². The highest BCUT2D eigenvalue weighted by Gasteiger charge is 2.12. The van der Waals surface area contributed by atoms with E-state index < -0.39 is 18.8 Å². The molecule has 3 nitrogen and oxygen atoms in total. The number of nitrogens with zero attached hydrogens (tertiary/aromatic N) is 2. The van der Waals surface area contributed by atoms with Crippen LogP contribution in [-0.2, 0) is 6.54 Å². The Labute approximate surface area is 83.3 Å². The molecule has 0 unspecified atom stereocenters. The van der Waals surface area contributed by atoms with Crippen molar-refractivity contribution in [3.63, 3.8) is 0 Å². The molecule has 80 valence electrons.